The quantitative estimate of drug-likeness (QED) is 0.317. The normalized spacial score (nSPS) is 16.5. The van der Waals surface area contributed by atoms with Gasteiger partial charge in [-0.15, -0.1) is 0 Å². The Labute approximate surface area is 198 Å². The summed E-state index contributed by atoms with van der Waals surface area (Å²) in [6.07, 6.45) is 3.96. The summed E-state index contributed by atoms with van der Waals surface area (Å²) in [6, 6.07) is 10.1. The van der Waals surface area contributed by atoms with Crippen LogP contribution < -0.4 is 0 Å². The molecule has 0 amide bonds. The lowest BCUT2D eigenvalue weighted by atomic mass is 9.86. The Bertz CT molecular complexity index is 1480. The number of sulfone groups is 1. The third kappa shape index (κ3) is 3.86. The van der Waals surface area contributed by atoms with Gasteiger partial charge < -0.3 is 9.30 Å². The number of ether oxygens (including phenoxy) is 1. The fraction of sp³-hybridized carbons (Fsp3) is 0.292. The second kappa shape index (κ2) is 8.45. The van der Waals surface area contributed by atoms with Crippen molar-refractivity contribution in [2.45, 2.75) is 23.8 Å². The minimum atomic E-state index is -3.73. The highest BCUT2D eigenvalue weighted by atomic mass is 79.9. The molecule has 172 valence electrons. The van der Waals surface area contributed by atoms with Gasteiger partial charge in [-0.2, -0.15) is 0 Å². The highest BCUT2D eigenvalue weighted by molar-refractivity contribution is 9.10. The van der Waals surface area contributed by atoms with Crippen molar-refractivity contribution in [1.82, 2.24) is 9.55 Å². The molecule has 1 fully saturated rings. The second-order valence-corrected chi connectivity index (χ2v) is 11.2. The van der Waals surface area contributed by atoms with Gasteiger partial charge in [0.05, 0.1) is 32.9 Å². The number of benzene rings is 2. The molecule has 2 aromatic carbocycles. The maximum Gasteiger partial charge on any atom is 0.177 e. The molecule has 0 spiro atoms. The highest BCUT2D eigenvalue weighted by Crippen LogP contribution is 2.43. The average molecular weight is 535 g/mol. The van der Waals surface area contributed by atoms with Crippen LogP contribution >= 0.6 is 15.9 Å². The molecule has 33 heavy (non-hydrogen) atoms. The van der Waals surface area contributed by atoms with Gasteiger partial charge in [0.2, 0.25) is 0 Å². The third-order valence-corrected chi connectivity index (χ3v) is 7.84. The molecule has 0 saturated carbocycles. The Kier molecular flexibility index (Phi) is 5.74. The summed E-state index contributed by atoms with van der Waals surface area (Å²) in [5.74, 6) is -1.02. The van der Waals surface area contributed by atoms with Crippen molar-refractivity contribution in [2.24, 2.45) is 5.92 Å². The van der Waals surface area contributed by atoms with E-state index >= 15 is 8.78 Å². The molecule has 1 atom stereocenters. The minimum absolute atomic E-state index is 0.0126. The largest absolute Gasteiger partial charge is 0.381 e. The molecule has 3 heterocycles. The molecule has 5 nitrogen and oxygen atoms in total. The van der Waals surface area contributed by atoms with E-state index in [1.807, 2.05) is 0 Å². The average Bonchev–Trinajstić information content (AvgIpc) is 3.10. The van der Waals surface area contributed by atoms with Gasteiger partial charge >= 0.3 is 0 Å². The summed E-state index contributed by atoms with van der Waals surface area (Å²) in [4.78, 5) is 4.42. The molecule has 2 aromatic heterocycles. The molecule has 5 rings (SSSR count). The van der Waals surface area contributed by atoms with E-state index in [-0.39, 0.29) is 21.7 Å². The Hall–Kier alpha value is -2.36. The number of nitrogens with zero attached hydrogens (tertiary/aromatic N) is 2. The minimum Gasteiger partial charge on any atom is -0.381 e. The number of pyridine rings is 1. The molecule has 1 aliphatic heterocycles. The number of halogens is 3. The summed E-state index contributed by atoms with van der Waals surface area (Å²) in [5, 5.41) is 0.119. The Morgan fingerprint density at radius 1 is 1.12 bits per heavy atom. The van der Waals surface area contributed by atoms with Crippen LogP contribution in [0.1, 0.15) is 24.4 Å². The first kappa shape index (κ1) is 22.4. The molecule has 0 aliphatic carbocycles. The van der Waals surface area contributed by atoms with E-state index in [9.17, 15) is 8.42 Å². The molecule has 1 saturated heterocycles. The summed E-state index contributed by atoms with van der Waals surface area (Å²) in [5.41, 5.74) is 1.50. The van der Waals surface area contributed by atoms with Crippen LogP contribution in [0.2, 0.25) is 0 Å². The van der Waals surface area contributed by atoms with Crippen LogP contribution in [0, 0.1) is 17.6 Å². The summed E-state index contributed by atoms with van der Waals surface area (Å²) >= 11 is 3.43. The second-order valence-electron chi connectivity index (χ2n) is 8.35. The van der Waals surface area contributed by atoms with Gasteiger partial charge in [-0.25, -0.2) is 17.2 Å². The van der Waals surface area contributed by atoms with Gasteiger partial charge in [-0.3, -0.25) is 4.98 Å². The Balaban J connectivity index is 1.98. The summed E-state index contributed by atoms with van der Waals surface area (Å²) in [6.45, 7) is 1.03. The van der Waals surface area contributed by atoms with E-state index in [2.05, 4.69) is 20.9 Å². The van der Waals surface area contributed by atoms with Gasteiger partial charge in [0, 0.05) is 35.7 Å². The summed E-state index contributed by atoms with van der Waals surface area (Å²) in [7, 11) is -3.73. The zero-order chi connectivity index (χ0) is 23.3. The van der Waals surface area contributed by atoms with E-state index in [0.29, 0.717) is 47.1 Å². The predicted octanol–water partition coefficient (Wildman–Crippen LogP) is 5.65. The molecule has 1 aliphatic rings. The number of hydrogen-bond donors (Lipinski definition) is 0. The molecular formula is C24H21BrF2N2O3S. The smallest absolute Gasteiger partial charge is 0.177 e. The van der Waals surface area contributed by atoms with E-state index < -0.39 is 27.5 Å². The first-order valence-corrected chi connectivity index (χ1v) is 13.3. The predicted molar refractivity (Wildman–Crippen MR) is 126 cm³/mol. The maximum atomic E-state index is 15.2. The summed E-state index contributed by atoms with van der Waals surface area (Å²) < 4.78 is 64.0. The van der Waals surface area contributed by atoms with E-state index in [0.717, 1.165) is 12.3 Å². The monoisotopic (exact) mass is 534 g/mol. The molecule has 9 heteroatoms. The van der Waals surface area contributed by atoms with Gasteiger partial charge in [-0.05, 0) is 59.0 Å². The van der Waals surface area contributed by atoms with Crippen LogP contribution in [-0.4, -0.2) is 37.4 Å². The van der Waals surface area contributed by atoms with E-state index in [1.54, 1.807) is 35.0 Å². The number of aromatic nitrogens is 2. The number of fused-ring (bicyclic) bond motifs is 3. The lowest BCUT2D eigenvalue weighted by molar-refractivity contribution is 0.0548. The van der Waals surface area contributed by atoms with Crippen LogP contribution in [0.3, 0.4) is 0 Å². The lowest BCUT2D eigenvalue weighted by Gasteiger charge is -2.33. The van der Waals surface area contributed by atoms with Gasteiger partial charge in [-0.1, -0.05) is 18.2 Å². The van der Waals surface area contributed by atoms with E-state index in [4.69, 9.17) is 4.74 Å². The van der Waals surface area contributed by atoms with Crippen LogP contribution in [0.25, 0.3) is 21.9 Å². The van der Waals surface area contributed by atoms with E-state index in [1.165, 1.54) is 12.1 Å². The van der Waals surface area contributed by atoms with Crippen molar-refractivity contribution in [3.63, 3.8) is 0 Å². The zero-order valence-corrected chi connectivity index (χ0v) is 20.2. The fourth-order valence-electron chi connectivity index (χ4n) is 4.88. The lowest BCUT2D eigenvalue weighted by Crippen LogP contribution is -2.28. The standard InChI is InChI=1S/C24H21BrF2N2O3S/c1-33(30,31)20-7-6-18(27)21-22-19(12-15(25)13-28-22)29(24(20)21)23(14-8-10-32-11-9-14)16-4-2-3-5-17(16)26/h2-7,12-14,23H,8-11H2,1H3. The molecule has 4 aromatic rings. The van der Waals surface area contributed by atoms with Crippen molar-refractivity contribution in [1.29, 1.82) is 0 Å². The molecule has 0 bridgehead atoms. The SMILES string of the molecule is CS(=O)(=O)c1ccc(F)c2c3ncc(Br)cc3n(C(c3ccccc3F)C3CCOCC3)c12. The zero-order valence-electron chi connectivity index (χ0n) is 17.8. The highest BCUT2D eigenvalue weighted by Gasteiger charge is 2.34. The third-order valence-electron chi connectivity index (χ3n) is 6.28. The maximum absolute atomic E-state index is 15.2. The fourth-order valence-corrected chi connectivity index (χ4v) is 6.06. The Morgan fingerprint density at radius 3 is 2.55 bits per heavy atom. The number of rotatable bonds is 4. The van der Waals surface area contributed by atoms with Crippen molar-refractivity contribution >= 4 is 47.7 Å². The first-order chi connectivity index (χ1) is 15.8. The van der Waals surface area contributed by atoms with Crippen LogP contribution in [0.15, 0.2) is 58.0 Å². The van der Waals surface area contributed by atoms with Crippen molar-refractivity contribution in [2.75, 3.05) is 19.5 Å². The first-order valence-electron chi connectivity index (χ1n) is 10.6. The van der Waals surface area contributed by atoms with Crippen molar-refractivity contribution in [3.8, 4) is 0 Å². The molecule has 0 N–H and O–H groups in total. The Morgan fingerprint density at radius 2 is 1.85 bits per heavy atom. The number of hydrogen-bond acceptors (Lipinski definition) is 4. The van der Waals surface area contributed by atoms with Gasteiger partial charge in [0.25, 0.3) is 0 Å². The molecular weight excluding hydrogens is 514 g/mol. The molecule has 1 unspecified atom stereocenters. The van der Waals surface area contributed by atoms with Gasteiger partial charge in [0.15, 0.2) is 9.84 Å². The van der Waals surface area contributed by atoms with Crippen molar-refractivity contribution in [3.05, 3.63) is 70.3 Å². The van der Waals surface area contributed by atoms with Crippen LogP contribution in [-0.2, 0) is 14.6 Å². The topological polar surface area (TPSA) is 61.2 Å². The van der Waals surface area contributed by atoms with Crippen LogP contribution in [0.5, 0.6) is 0 Å². The van der Waals surface area contributed by atoms with Crippen molar-refractivity contribution < 1.29 is 21.9 Å². The molecule has 0 radical (unpaired) electrons. The van der Waals surface area contributed by atoms with Crippen LogP contribution in [0.4, 0.5) is 8.78 Å². The van der Waals surface area contributed by atoms with Gasteiger partial charge in [0.1, 0.15) is 11.6 Å².